The molecule has 2 aliphatic rings. The lowest BCUT2D eigenvalue weighted by Crippen LogP contribution is -2.32. The molecule has 1 saturated heterocycles. The smallest absolute Gasteiger partial charge is 0.340 e. The summed E-state index contributed by atoms with van der Waals surface area (Å²) in [6.45, 7) is 2.30. The predicted molar refractivity (Wildman–Crippen MR) is 38.1 cm³/mol. The van der Waals surface area contributed by atoms with Crippen LogP contribution in [-0.2, 0) is 14.3 Å². The zero-order chi connectivity index (χ0) is 7.90. The first-order valence-electron chi connectivity index (χ1n) is 4.06. The maximum atomic E-state index is 11.2. The summed E-state index contributed by atoms with van der Waals surface area (Å²) in [5.41, 5.74) is -0.588. The van der Waals surface area contributed by atoms with Crippen molar-refractivity contribution in [2.45, 2.75) is 37.9 Å². The normalized spacial score (nSPS) is 36.1. The van der Waals surface area contributed by atoms with Gasteiger partial charge in [0.1, 0.15) is 6.10 Å². The third kappa shape index (κ3) is 1.25. The first-order valence-corrected chi connectivity index (χ1v) is 4.06. The quantitative estimate of drug-likeness (QED) is 0.440. The second-order valence-electron chi connectivity index (χ2n) is 3.48. The van der Waals surface area contributed by atoms with Crippen LogP contribution in [0.3, 0.4) is 0 Å². The third-order valence-corrected chi connectivity index (χ3v) is 2.34. The van der Waals surface area contributed by atoms with E-state index in [9.17, 15) is 4.79 Å². The van der Waals surface area contributed by atoms with Crippen molar-refractivity contribution >= 4 is 5.97 Å². The minimum absolute atomic E-state index is 0.179. The molecule has 1 aliphatic carbocycles. The van der Waals surface area contributed by atoms with Crippen molar-refractivity contribution < 1.29 is 14.3 Å². The van der Waals surface area contributed by atoms with Crippen LogP contribution in [0.15, 0.2) is 0 Å². The summed E-state index contributed by atoms with van der Waals surface area (Å²) in [6, 6.07) is 0. The molecule has 1 unspecified atom stereocenters. The van der Waals surface area contributed by atoms with E-state index in [4.69, 9.17) is 9.47 Å². The van der Waals surface area contributed by atoms with Gasteiger partial charge in [0.25, 0.3) is 0 Å². The van der Waals surface area contributed by atoms with Gasteiger partial charge in [0.05, 0.1) is 6.61 Å². The van der Waals surface area contributed by atoms with E-state index < -0.39 is 5.60 Å². The number of ether oxygens (including phenoxy) is 2. The lowest BCUT2D eigenvalue weighted by atomic mass is 9.96. The van der Waals surface area contributed by atoms with Crippen LogP contribution < -0.4 is 0 Å². The molecule has 62 valence electrons. The van der Waals surface area contributed by atoms with Crippen LogP contribution in [0, 0.1) is 0 Å². The van der Waals surface area contributed by atoms with Crippen LogP contribution in [0.2, 0.25) is 0 Å². The van der Waals surface area contributed by atoms with Crippen LogP contribution >= 0.6 is 0 Å². The Kier molecular flexibility index (Phi) is 1.42. The standard InChI is InChI=1S/C8H12O3/c1-8(5-10-8)7(9)11-6-3-2-4-6/h6H,2-5H2,1H3. The average Bonchev–Trinajstić information content (AvgIpc) is 2.59. The molecular weight excluding hydrogens is 144 g/mol. The van der Waals surface area contributed by atoms with Crippen molar-refractivity contribution in [1.82, 2.24) is 0 Å². The molecule has 1 saturated carbocycles. The molecule has 1 aliphatic heterocycles. The van der Waals surface area contributed by atoms with Gasteiger partial charge in [-0.1, -0.05) is 0 Å². The molecule has 0 spiro atoms. The number of carbonyl (C=O) groups is 1. The molecule has 0 N–H and O–H groups in total. The van der Waals surface area contributed by atoms with Crippen LogP contribution in [0.1, 0.15) is 26.2 Å². The Morgan fingerprint density at radius 2 is 2.27 bits per heavy atom. The predicted octanol–water partition coefficient (Wildman–Crippen LogP) is 0.871. The lowest BCUT2D eigenvalue weighted by molar-refractivity contribution is -0.158. The number of hydrogen-bond acceptors (Lipinski definition) is 3. The molecular formula is C8H12O3. The number of epoxide rings is 1. The second-order valence-corrected chi connectivity index (χ2v) is 3.48. The molecule has 2 rings (SSSR count). The summed E-state index contributed by atoms with van der Waals surface area (Å²) in [5, 5.41) is 0. The second kappa shape index (κ2) is 2.21. The van der Waals surface area contributed by atoms with Crippen LogP contribution in [0.25, 0.3) is 0 Å². The molecule has 11 heavy (non-hydrogen) atoms. The van der Waals surface area contributed by atoms with Gasteiger partial charge in [0.2, 0.25) is 0 Å². The van der Waals surface area contributed by atoms with Crippen LogP contribution in [0.4, 0.5) is 0 Å². The molecule has 2 fully saturated rings. The minimum Gasteiger partial charge on any atom is -0.460 e. The van der Waals surface area contributed by atoms with Crippen LogP contribution in [0.5, 0.6) is 0 Å². The molecule has 0 aromatic heterocycles. The highest BCUT2D eigenvalue weighted by Crippen LogP contribution is 2.30. The molecule has 0 aromatic rings. The maximum Gasteiger partial charge on any atom is 0.340 e. The van der Waals surface area contributed by atoms with E-state index in [1.54, 1.807) is 6.92 Å². The van der Waals surface area contributed by atoms with Gasteiger partial charge in [-0.25, -0.2) is 4.79 Å². The number of carbonyl (C=O) groups excluding carboxylic acids is 1. The van der Waals surface area contributed by atoms with Gasteiger partial charge in [-0.3, -0.25) is 0 Å². The van der Waals surface area contributed by atoms with E-state index >= 15 is 0 Å². The largest absolute Gasteiger partial charge is 0.460 e. The van der Waals surface area contributed by atoms with E-state index in [1.165, 1.54) is 6.42 Å². The van der Waals surface area contributed by atoms with E-state index in [0.717, 1.165) is 12.8 Å². The maximum absolute atomic E-state index is 11.2. The fourth-order valence-electron chi connectivity index (χ4n) is 0.991. The highest BCUT2D eigenvalue weighted by Gasteiger charge is 2.49. The molecule has 1 atom stereocenters. The summed E-state index contributed by atoms with van der Waals surface area (Å²) in [4.78, 5) is 11.2. The van der Waals surface area contributed by atoms with Crippen molar-refractivity contribution in [3.8, 4) is 0 Å². The summed E-state index contributed by atoms with van der Waals surface area (Å²) in [7, 11) is 0. The molecule has 1 heterocycles. The Morgan fingerprint density at radius 3 is 2.64 bits per heavy atom. The minimum atomic E-state index is -0.588. The van der Waals surface area contributed by atoms with Crippen molar-refractivity contribution in [1.29, 1.82) is 0 Å². The summed E-state index contributed by atoms with van der Waals surface area (Å²) in [5.74, 6) is -0.179. The fourth-order valence-corrected chi connectivity index (χ4v) is 0.991. The van der Waals surface area contributed by atoms with E-state index in [-0.39, 0.29) is 12.1 Å². The van der Waals surface area contributed by atoms with Crippen molar-refractivity contribution in [3.05, 3.63) is 0 Å². The van der Waals surface area contributed by atoms with E-state index in [0.29, 0.717) is 6.61 Å². The molecule has 3 heteroatoms. The van der Waals surface area contributed by atoms with E-state index in [1.807, 2.05) is 0 Å². The molecule has 3 nitrogen and oxygen atoms in total. The lowest BCUT2D eigenvalue weighted by Gasteiger charge is -2.25. The summed E-state index contributed by atoms with van der Waals surface area (Å²) in [6.07, 6.45) is 3.43. The van der Waals surface area contributed by atoms with Gasteiger partial charge < -0.3 is 9.47 Å². The molecule has 0 bridgehead atoms. The first kappa shape index (κ1) is 7.10. The fraction of sp³-hybridized carbons (Fsp3) is 0.875. The van der Waals surface area contributed by atoms with Crippen molar-refractivity contribution in [2.24, 2.45) is 0 Å². The Labute approximate surface area is 65.7 Å². The van der Waals surface area contributed by atoms with Crippen LogP contribution in [-0.4, -0.2) is 24.3 Å². The monoisotopic (exact) mass is 156 g/mol. The highest BCUT2D eigenvalue weighted by atomic mass is 16.6. The molecule has 0 radical (unpaired) electrons. The SMILES string of the molecule is CC1(C(=O)OC2CCC2)CO1. The van der Waals surface area contributed by atoms with Gasteiger partial charge >= 0.3 is 5.97 Å². The summed E-state index contributed by atoms with van der Waals surface area (Å²) < 4.78 is 10.1. The van der Waals surface area contributed by atoms with Crippen molar-refractivity contribution in [2.75, 3.05) is 6.61 Å². The van der Waals surface area contributed by atoms with Gasteiger partial charge in [-0.05, 0) is 26.2 Å². The topological polar surface area (TPSA) is 38.8 Å². The zero-order valence-corrected chi connectivity index (χ0v) is 6.63. The van der Waals surface area contributed by atoms with Gasteiger partial charge in [0, 0.05) is 0 Å². The Morgan fingerprint density at radius 1 is 1.64 bits per heavy atom. The Hall–Kier alpha value is -0.570. The Balaban J connectivity index is 1.81. The van der Waals surface area contributed by atoms with Crippen molar-refractivity contribution in [3.63, 3.8) is 0 Å². The highest BCUT2D eigenvalue weighted by molar-refractivity contribution is 5.81. The summed E-state index contributed by atoms with van der Waals surface area (Å²) >= 11 is 0. The number of rotatable bonds is 2. The number of esters is 1. The van der Waals surface area contributed by atoms with E-state index in [2.05, 4.69) is 0 Å². The van der Waals surface area contributed by atoms with Gasteiger partial charge in [-0.2, -0.15) is 0 Å². The molecule has 0 amide bonds. The van der Waals surface area contributed by atoms with Gasteiger partial charge in [-0.15, -0.1) is 0 Å². The third-order valence-electron chi connectivity index (χ3n) is 2.34. The van der Waals surface area contributed by atoms with Gasteiger partial charge in [0.15, 0.2) is 5.60 Å². The molecule has 0 aromatic carbocycles. The number of hydrogen-bond donors (Lipinski definition) is 0. The first-order chi connectivity index (χ1) is 5.21. The average molecular weight is 156 g/mol. The Bertz CT molecular complexity index is 180. The zero-order valence-electron chi connectivity index (χ0n) is 6.63.